The van der Waals surface area contributed by atoms with Crippen LogP contribution in [0.15, 0.2) is 24.3 Å². The first-order valence-electron chi connectivity index (χ1n) is 7.81. The first-order chi connectivity index (χ1) is 10.1. The predicted molar refractivity (Wildman–Crippen MR) is 86.2 cm³/mol. The number of nitrogens with one attached hydrogen (secondary N) is 2. The van der Waals surface area contributed by atoms with Crippen molar-refractivity contribution in [2.75, 3.05) is 5.73 Å². The van der Waals surface area contributed by atoms with Crippen LogP contribution in [0.3, 0.4) is 0 Å². The van der Waals surface area contributed by atoms with Crippen LogP contribution in [0.1, 0.15) is 49.5 Å². The molecule has 21 heavy (non-hydrogen) atoms. The maximum absolute atomic E-state index is 12.4. The number of benzene rings is 1. The number of fused-ring (bicyclic) bond motifs is 1. The van der Waals surface area contributed by atoms with Gasteiger partial charge in [-0.05, 0) is 37.3 Å². The van der Waals surface area contributed by atoms with Crippen molar-refractivity contribution in [3.63, 3.8) is 0 Å². The smallest absolute Gasteiger partial charge is 0.267 e. The zero-order valence-electron chi connectivity index (χ0n) is 12.5. The Kier molecular flexibility index (Phi) is 3.86. The summed E-state index contributed by atoms with van der Waals surface area (Å²) in [6.07, 6.45) is 5.83. The lowest BCUT2D eigenvalue weighted by Gasteiger charge is -2.15. The molecule has 1 heterocycles. The van der Waals surface area contributed by atoms with Crippen molar-refractivity contribution in [3.05, 3.63) is 30.0 Å². The first kappa shape index (κ1) is 14.0. The van der Waals surface area contributed by atoms with Gasteiger partial charge in [-0.3, -0.25) is 4.79 Å². The Morgan fingerprint density at radius 1 is 1.29 bits per heavy atom. The van der Waals surface area contributed by atoms with Crippen LogP contribution in [-0.4, -0.2) is 16.9 Å². The van der Waals surface area contributed by atoms with Gasteiger partial charge in [-0.2, -0.15) is 0 Å². The molecule has 1 amide bonds. The molecule has 0 bridgehead atoms. The Morgan fingerprint density at radius 2 is 2.14 bits per heavy atom. The van der Waals surface area contributed by atoms with Gasteiger partial charge in [-0.1, -0.05) is 31.9 Å². The maximum atomic E-state index is 12.4. The third kappa shape index (κ3) is 3.04. The molecule has 4 nitrogen and oxygen atoms in total. The highest BCUT2D eigenvalue weighted by Gasteiger charge is 2.19. The van der Waals surface area contributed by atoms with E-state index in [0.717, 1.165) is 29.7 Å². The Morgan fingerprint density at radius 3 is 2.95 bits per heavy atom. The second-order valence-corrected chi connectivity index (χ2v) is 6.28. The minimum atomic E-state index is -0.0230. The summed E-state index contributed by atoms with van der Waals surface area (Å²) in [5, 5.41) is 4.15. The standard InChI is InChI=1S/C17H23N3O/c1-11-4-2-6-13(9-8-11)19-17(21)15-10-12-5-3-7-14(18)16(12)20-15/h3,5,7,10-11,13,20H,2,4,6,8-9,18H2,1H3,(H,19,21). The fourth-order valence-corrected chi connectivity index (χ4v) is 3.20. The number of amides is 1. The Labute approximate surface area is 125 Å². The van der Waals surface area contributed by atoms with E-state index >= 15 is 0 Å². The van der Waals surface area contributed by atoms with Crippen LogP contribution in [0.2, 0.25) is 0 Å². The molecule has 0 saturated heterocycles. The molecule has 2 atom stereocenters. The number of aromatic nitrogens is 1. The van der Waals surface area contributed by atoms with E-state index < -0.39 is 0 Å². The Hall–Kier alpha value is -1.97. The van der Waals surface area contributed by atoms with E-state index in [0.29, 0.717) is 17.4 Å². The van der Waals surface area contributed by atoms with Gasteiger partial charge in [0.2, 0.25) is 0 Å². The summed E-state index contributed by atoms with van der Waals surface area (Å²) < 4.78 is 0. The van der Waals surface area contributed by atoms with Gasteiger partial charge in [0, 0.05) is 11.4 Å². The normalized spacial score (nSPS) is 22.9. The van der Waals surface area contributed by atoms with E-state index in [-0.39, 0.29) is 5.91 Å². The molecule has 4 heteroatoms. The third-order valence-corrected chi connectivity index (χ3v) is 4.53. The fourth-order valence-electron chi connectivity index (χ4n) is 3.20. The second-order valence-electron chi connectivity index (χ2n) is 6.28. The van der Waals surface area contributed by atoms with Crippen LogP contribution < -0.4 is 11.1 Å². The van der Waals surface area contributed by atoms with Gasteiger partial charge < -0.3 is 16.0 Å². The Balaban J connectivity index is 1.73. The van der Waals surface area contributed by atoms with Crippen molar-refractivity contribution in [1.82, 2.24) is 10.3 Å². The quantitative estimate of drug-likeness (QED) is 0.584. The lowest BCUT2D eigenvalue weighted by Crippen LogP contribution is -2.34. The van der Waals surface area contributed by atoms with Crippen molar-refractivity contribution < 1.29 is 4.79 Å². The van der Waals surface area contributed by atoms with Crippen LogP contribution in [0.25, 0.3) is 10.9 Å². The third-order valence-electron chi connectivity index (χ3n) is 4.53. The molecule has 1 aromatic carbocycles. The van der Waals surface area contributed by atoms with Gasteiger partial charge in [0.25, 0.3) is 5.91 Å². The molecule has 2 aromatic rings. The number of para-hydroxylation sites is 1. The van der Waals surface area contributed by atoms with Gasteiger partial charge in [0.15, 0.2) is 0 Å². The highest BCUT2D eigenvalue weighted by atomic mass is 16.1. The van der Waals surface area contributed by atoms with E-state index in [2.05, 4.69) is 17.2 Å². The van der Waals surface area contributed by atoms with E-state index in [4.69, 9.17) is 5.73 Å². The summed E-state index contributed by atoms with van der Waals surface area (Å²) in [4.78, 5) is 15.5. The lowest BCUT2D eigenvalue weighted by molar-refractivity contribution is 0.0929. The molecule has 0 aliphatic heterocycles. The second kappa shape index (κ2) is 5.80. The average molecular weight is 285 g/mol. The fraction of sp³-hybridized carbons (Fsp3) is 0.471. The average Bonchev–Trinajstić information content (AvgIpc) is 2.80. The lowest BCUT2D eigenvalue weighted by atomic mass is 10.0. The largest absolute Gasteiger partial charge is 0.397 e. The number of carbonyl (C=O) groups excluding carboxylic acids is 1. The molecule has 1 aliphatic carbocycles. The van der Waals surface area contributed by atoms with Gasteiger partial charge in [-0.15, -0.1) is 0 Å². The SMILES string of the molecule is CC1CCCC(NC(=O)c2cc3cccc(N)c3[nH]2)CC1. The summed E-state index contributed by atoms with van der Waals surface area (Å²) >= 11 is 0. The van der Waals surface area contributed by atoms with Crippen LogP contribution in [-0.2, 0) is 0 Å². The van der Waals surface area contributed by atoms with Crippen LogP contribution >= 0.6 is 0 Å². The number of H-pyrrole nitrogens is 1. The molecule has 1 fully saturated rings. The van der Waals surface area contributed by atoms with Crippen molar-refractivity contribution in [2.45, 2.75) is 45.1 Å². The maximum Gasteiger partial charge on any atom is 0.267 e. The topological polar surface area (TPSA) is 70.9 Å². The molecule has 112 valence electrons. The Bertz CT molecular complexity index is 647. The minimum absolute atomic E-state index is 0.0230. The molecule has 3 rings (SSSR count). The van der Waals surface area contributed by atoms with Gasteiger partial charge >= 0.3 is 0 Å². The summed E-state index contributed by atoms with van der Waals surface area (Å²) in [5.74, 6) is 0.755. The number of anilines is 1. The molecular formula is C17H23N3O. The molecule has 2 unspecified atom stereocenters. The number of hydrogen-bond acceptors (Lipinski definition) is 2. The minimum Gasteiger partial charge on any atom is -0.397 e. The highest BCUT2D eigenvalue weighted by molar-refractivity contribution is 6.00. The van der Waals surface area contributed by atoms with Crippen molar-refractivity contribution in [1.29, 1.82) is 0 Å². The molecule has 4 N–H and O–H groups in total. The zero-order valence-corrected chi connectivity index (χ0v) is 12.5. The van der Waals surface area contributed by atoms with Crippen LogP contribution in [0.5, 0.6) is 0 Å². The molecule has 0 radical (unpaired) electrons. The van der Waals surface area contributed by atoms with E-state index in [1.54, 1.807) is 0 Å². The first-order valence-corrected chi connectivity index (χ1v) is 7.81. The van der Waals surface area contributed by atoms with E-state index in [1.807, 2.05) is 24.3 Å². The van der Waals surface area contributed by atoms with Crippen molar-refractivity contribution in [2.24, 2.45) is 5.92 Å². The van der Waals surface area contributed by atoms with Crippen molar-refractivity contribution >= 4 is 22.5 Å². The number of rotatable bonds is 2. The van der Waals surface area contributed by atoms with E-state index in [1.165, 1.54) is 19.3 Å². The molecule has 1 saturated carbocycles. The van der Waals surface area contributed by atoms with Gasteiger partial charge in [-0.25, -0.2) is 0 Å². The highest BCUT2D eigenvalue weighted by Crippen LogP contribution is 2.24. The molecule has 0 spiro atoms. The summed E-state index contributed by atoms with van der Waals surface area (Å²) in [5.41, 5.74) is 8.04. The molecule has 1 aromatic heterocycles. The predicted octanol–water partition coefficient (Wildman–Crippen LogP) is 3.45. The molecule has 1 aliphatic rings. The number of aromatic amines is 1. The van der Waals surface area contributed by atoms with Crippen LogP contribution in [0, 0.1) is 5.92 Å². The van der Waals surface area contributed by atoms with Gasteiger partial charge in [0.05, 0.1) is 11.2 Å². The monoisotopic (exact) mass is 285 g/mol. The van der Waals surface area contributed by atoms with Gasteiger partial charge in [0.1, 0.15) is 5.69 Å². The zero-order chi connectivity index (χ0) is 14.8. The number of carbonyl (C=O) groups is 1. The number of nitrogen functional groups attached to an aromatic ring is 1. The summed E-state index contributed by atoms with van der Waals surface area (Å²) in [6, 6.07) is 7.88. The number of hydrogen-bond donors (Lipinski definition) is 3. The van der Waals surface area contributed by atoms with Crippen molar-refractivity contribution in [3.8, 4) is 0 Å². The van der Waals surface area contributed by atoms with Crippen LogP contribution in [0.4, 0.5) is 5.69 Å². The number of nitrogens with two attached hydrogens (primary N) is 1. The molecular weight excluding hydrogens is 262 g/mol. The summed E-state index contributed by atoms with van der Waals surface area (Å²) in [7, 11) is 0. The van der Waals surface area contributed by atoms with E-state index in [9.17, 15) is 4.79 Å². The summed E-state index contributed by atoms with van der Waals surface area (Å²) in [6.45, 7) is 2.30.